The third-order valence-corrected chi connectivity index (χ3v) is 2.04. The van der Waals surface area contributed by atoms with Gasteiger partial charge in [-0.05, 0) is 6.07 Å². The summed E-state index contributed by atoms with van der Waals surface area (Å²) in [5.74, 6) is 0.197. The second kappa shape index (κ2) is 3.66. The first-order valence-corrected chi connectivity index (χ1v) is 3.80. The number of fused-ring (bicyclic) bond motifs is 1. The van der Waals surface area contributed by atoms with E-state index >= 15 is 0 Å². The third kappa shape index (κ3) is 1.60. The Labute approximate surface area is 82.3 Å². The molecule has 1 aliphatic heterocycles. The van der Waals surface area contributed by atoms with Gasteiger partial charge in [0.25, 0.3) is 0 Å². The van der Waals surface area contributed by atoms with Crippen molar-refractivity contribution in [1.29, 1.82) is 0 Å². The predicted octanol–water partition coefficient (Wildman–Crippen LogP) is 1.07. The van der Waals surface area contributed by atoms with Gasteiger partial charge in [0.05, 0.1) is 0 Å². The molecule has 1 aromatic rings. The van der Waals surface area contributed by atoms with Crippen molar-refractivity contribution in [2.24, 2.45) is 5.73 Å². The molecule has 0 spiro atoms. The van der Waals surface area contributed by atoms with Crippen LogP contribution in [0.1, 0.15) is 11.5 Å². The van der Waals surface area contributed by atoms with E-state index in [2.05, 4.69) is 0 Å². The van der Waals surface area contributed by atoms with E-state index in [9.17, 15) is 4.79 Å². The Kier molecular flexibility index (Phi) is 2.78. The van der Waals surface area contributed by atoms with Crippen molar-refractivity contribution in [3.63, 3.8) is 0 Å². The smallest absolute Gasteiger partial charge is 0.228 e. The van der Waals surface area contributed by atoms with Gasteiger partial charge in [-0.3, -0.25) is 4.79 Å². The number of amides is 1. The van der Waals surface area contributed by atoms with Crippen LogP contribution in [0.25, 0.3) is 0 Å². The van der Waals surface area contributed by atoms with E-state index in [0.29, 0.717) is 6.61 Å². The Hall–Kier alpha value is -1.22. The van der Waals surface area contributed by atoms with Gasteiger partial charge in [0.1, 0.15) is 18.3 Å². The standard InChI is InChI=1S/C9H9NO2.ClH/c10-9(11)7-5-12-8-4-2-1-3-6(7)8;/h1-4,7H,5H2,(H2,10,11);1H. The minimum absolute atomic E-state index is 0. The number of para-hydroxylation sites is 1. The van der Waals surface area contributed by atoms with E-state index < -0.39 is 0 Å². The van der Waals surface area contributed by atoms with Gasteiger partial charge in [-0.15, -0.1) is 12.4 Å². The van der Waals surface area contributed by atoms with E-state index in [0.717, 1.165) is 11.3 Å². The van der Waals surface area contributed by atoms with Crippen LogP contribution in [0, 0.1) is 0 Å². The predicted molar refractivity (Wildman–Crippen MR) is 51.1 cm³/mol. The zero-order valence-electron chi connectivity index (χ0n) is 6.90. The molecule has 3 nitrogen and oxygen atoms in total. The molecule has 0 saturated heterocycles. The molecule has 1 unspecified atom stereocenters. The molecule has 70 valence electrons. The highest BCUT2D eigenvalue weighted by atomic mass is 35.5. The second-order valence-corrected chi connectivity index (χ2v) is 2.80. The number of nitrogens with two attached hydrogens (primary N) is 1. The summed E-state index contributed by atoms with van der Waals surface area (Å²) in [6.45, 7) is 0.384. The summed E-state index contributed by atoms with van der Waals surface area (Å²) in [5, 5.41) is 0. The van der Waals surface area contributed by atoms with Gasteiger partial charge in [-0.1, -0.05) is 18.2 Å². The number of carbonyl (C=O) groups excluding carboxylic acids is 1. The van der Waals surface area contributed by atoms with Gasteiger partial charge in [0.15, 0.2) is 0 Å². The van der Waals surface area contributed by atoms with E-state index in [1.807, 2.05) is 24.3 Å². The summed E-state index contributed by atoms with van der Waals surface area (Å²) in [6, 6.07) is 7.47. The maximum atomic E-state index is 10.9. The molecule has 1 amide bonds. The van der Waals surface area contributed by atoms with Crippen LogP contribution in [-0.4, -0.2) is 12.5 Å². The average Bonchev–Trinajstić information content (AvgIpc) is 2.47. The first-order chi connectivity index (χ1) is 5.79. The number of carbonyl (C=O) groups is 1. The lowest BCUT2D eigenvalue weighted by atomic mass is 10.0. The fourth-order valence-electron chi connectivity index (χ4n) is 1.40. The molecule has 0 saturated carbocycles. The molecule has 0 aromatic heterocycles. The third-order valence-electron chi connectivity index (χ3n) is 2.04. The number of hydrogen-bond donors (Lipinski definition) is 1. The Morgan fingerprint density at radius 3 is 2.85 bits per heavy atom. The Balaban J connectivity index is 0.000000845. The molecule has 4 heteroatoms. The van der Waals surface area contributed by atoms with Crippen LogP contribution in [0.15, 0.2) is 24.3 Å². The van der Waals surface area contributed by atoms with Crippen LogP contribution in [0.3, 0.4) is 0 Å². The first kappa shape index (κ1) is 9.86. The quantitative estimate of drug-likeness (QED) is 0.736. The molecule has 1 aliphatic rings. The highest BCUT2D eigenvalue weighted by molar-refractivity contribution is 5.85. The number of benzene rings is 1. The highest BCUT2D eigenvalue weighted by Gasteiger charge is 2.27. The first-order valence-electron chi connectivity index (χ1n) is 3.80. The summed E-state index contributed by atoms with van der Waals surface area (Å²) in [6.07, 6.45) is 0. The highest BCUT2D eigenvalue weighted by Crippen LogP contribution is 2.32. The Bertz CT molecular complexity index is 327. The molecule has 2 rings (SSSR count). The largest absolute Gasteiger partial charge is 0.492 e. The minimum Gasteiger partial charge on any atom is -0.492 e. The molecule has 1 atom stereocenters. The minimum atomic E-state index is -0.319. The lowest BCUT2D eigenvalue weighted by Crippen LogP contribution is -2.22. The topological polar surface area (TPSA) is 52.3 Å². The van der Waals surface area contributed by atoms with Crippen LogP contribution in [0.2, 0.25) is 0 Å². The summed E-state index contributed by atoms with van der Waals surface area (Å²) >= 11 is 0. The Morgan fingerprint density at radius 1 is 1.46 bits per heavy atom. The number of hydrogen-bond acceptors (Lipinski definition) is 2. The van der Waals surface area contributed by atoms with E-state index in [1.165, 1.54) is 0 Å². The zero-order chi connectivity index (χ0) is 8.55. The maximum absolute atomic E-state index is 10.9. The monoisotopic (exact) mass is 199 g/mol. The van der Waals surface area contributed by atoms with Gasteiger partial charge >= 0.3 is 0 Å². The molecule has 0 aliphatic carbocycles. The summed E-state index contributed by atoms with van der Waals surface area (Å²) in [7, 11) is 0. The van der Waals surface area contributed by atoms with Crippen LogP contribution in [-0.2, 0) is 4.79 Å². The van der Waals surface area contributed by atoms with Crippen molar-refractivity contribution in [1.82, 2.24) is 0 Å². The molecule has 2 N–H and O–H groups in total. The van der Waals surface area contributed by atoms with Crippen LogP contribution >= 0.6 is 12.4 Å². The van der Waals surface area contributed by atoms with E-state index in [4.69, 9.17) is 10.5 Å². The van der Waals surface area contributed by atoms with Crippen LogP contribution in [0.4, 0.5) is 0 Å². The van der Waals surface area contributed by atoms with Gasteiger partial charge < -0.3 is 10.5 Å². The van der Waals surface area contributed by atoms with Gasteiger partial charge in [-0.2, -0.15) is 0 Å². The number of ether oxygens (including phenoxy) is 1. The normalized spacial score (nSPS) is 18.3. The van der Waals surface area contributed by atoms with E-state index in [-0.39, 0.29) is 24.2 Å². The summed E-state index contributed by atoms with van der Waals surface area (Å²) in [5.41, 5.74) is 6.10. The maximum Gasteiger partial charge on any atom is 0.228 e. The molecule has 0 radical (unpaired) electrons. The van der Waals surface area contributed by atoms with Crippen molar-refractivity contribution in [3.05, 3.63) is 29.8 Å². The van der Waals surface area contributed by atoms with E-state index in [1.54, 1.807) is 0 Å². The number of rotatable bonds is 1. The van der Waals surface area contributed by atoms with Gasteiger partial charge in [0.2, 0.25) is 5.91 Å². The molecule has 0 fully saturated rings. The zero-order valence-corrected chi connectivity index (χ0v) is 7.71. The average molecular weight is 200 g/mol. The molecule has 1 aromatic carbocycles. The SMILES string of the molecule is Cl.NC(=O)C1COc2ccccc21. The second-order valence-electron chi connectivity index (χ2n) is 2.80. The fraction of sp³-hybridized carbons (Fsp3) is 0.222. The molecular formula is C9H10ClNO2. The lowest BCUT2D eigenvalue weighted by Gasteiger charge is -2.00. The van der Waals surface area contributed by atoms with Crippen molar-refractivity contribution in [2.75, 3.05) is 6.61 Å². The molecule has 1 heterocycles. The van der Waals surface area contributed by atoms with Gasteiger partial charge in [0, 0.05) is 5.56 Å². The molecule has 0 bridgehead atoms. The van der Waals surface area contributed by atoms with Crippen molar-refractivity contribution >= 4 is 18.3 Å². The van der Waals surface area contributed by atoms with Crippen molar-refractivity contribution in [2.45, 2.75) is 5.92 Å². The molecule has 13 heavy (non-hydrogen) atoms. The fourth-order valence-corrected chi connectivity index (χ4v) is 1.40. The van der Waals surface area contributed by atoms with Crippen molar-refractivity contribution < 1.29 is 9.53 Å². The summed E-state index contributed by atoms with van der Waals surface area (Å²) in [4.78, 5) is 10.9. The lowest BCUT2D eigenvalue weighted by molar-refractivity contribution is -0.119. The van der Waals surface area contributed by atoms with Crippen LogP contribution in [0.5, 0.6) is 5.75 Å². The number of halogens is 1. The number of primary amides is 1. The van der Waals surface area contributed by atoms with Crippen LogP contribution < -0.4 is 10.5 Å². The van der Waals surface area contributed by atoms with Gasteiger partial charge in [-0.25, -0.2) is 0 Å². The summed E-state index contributed by atoms with van der Waals surface area (Å²) < 4.78 is 5.27. The molecular weight excluding hydrogens is 190 g/mol. The van der Waals surface area contributed by atoms with Crippen molar-refractivity contribution in [3.8, 4) is 5.75 Å². The Morgan fingerprint density at radius 2 is 2.15 bits per heavy atom.